The van der Waals surface area contributed by atoms with E-state index in [1.807, 2.05) is 45.3 Å². The molecule has 0 unspecified atom stereocenters. The van der Waals surface area contributed by atoms with Gasteiger partial charge in [-0.2, -0.15) is 0 Å². The van der Waals surface area contributed by atoms with Crippen LogP contribution in [0.4, 0.5) is 0 Å². The van der Waals surface area contributed by atoms with Gasteiger partial charge in [0.25, 0.3) is 0 Å². The summed E-state index contributed by atoms with van der Waals surface area (Å²) in [5.41, 5.74) is 0. The molecule has 0 atom stereocenters. The molecule has 4 aromatic heterocycles. The lowest BCUT2D eigenvalue weighted by atomic mass is 10.2. The molecule has 0 nitrogen and oxygen atoms in total. The van der Waals surface area contributed by atoms with E-state index < -0.39 is 0 Å². The SMILES string of the molecule is Brc1c(-c2cc3sc(-c4sc5ccccc5c4Br)cc3s2)sc2ccccc12. The lowest BCUT2D eigenvalue weighted by Crippen LogP contribution is -1.66. The van der Waals surface area contributed by atoms with Gasteiger partial charge in [-0.15, -0.1) is 45.3 Å². The standard InChI is InChI=1S/C22H10Br2S4/c23-19-11-5-1-3-7-13(11)27-21(19)17-9-15-16(25-17)10-18(26-15)22-20(24)12-6-2-4-8-14(12)28-22/h1-10H. The average molecular weight is 562 g/mol. The van der Waals surface area contributed by atoms with Crippen molar-refractivity contribution in [3.05, 3.63) is 69.6 Å². The van der Waals surface area contributed by atoms with Gasteiger partial charge in [0.15, 0.2) is 0 Å². The number of hydrogen-bond acceptors (Lipinski definition) is 4. The number of fused-ring (bicyclic) bond motifs is 3. The Morgan fingerprint density at radius 3 is 1.36 bits per heavy atom. The predicted molar refractivity (Wildman–Crippen MR) is 137 cm³/mol. The minimum Gasteiger partial charge on any atom is -0.133 e. The normalized spacial score (nSPS) is 11.9. The number of halogens is 2. The van der Waals surface area contributed by atoms with E-state index in [9.17, 15) is 0 Å². The van der Waals surface area contributed by atoms with Crippen LogP contribution in [0.25, 0.3) is 49.1 Å². The van der Waals surface area contributed by atoms with Crippen LogP contribution >= 0.6 is 77.2 Å². The summed E-state index contributed by atoms with van der Waals surface area (Å²) < 4.78 is 7.82. The summed E-state index contributed by atoms with van der Waals surface area (Å²) in [6.07, 6.45) is 0. The molecule has 6 aromatic rings. The quantitative estimate of drug-likeness (QED) is 0.197. The van der Waals surface area contributed by atoms with Crippen LogP contribution in [0.2, 0.25) is 0 Å². The third-order valence-corrected chi connectivity index (χ3v) is 11.9. The van der Waals surface area contributed by atoms with Crippen molar-refractivity contribution in [2.24, 2.45) is 0 Å². The summed E-state index contributed by atoms with van der Waals surface area (Å²) in [7, 11) is 0. The molecule has 0 saturated carbocycles. The van der Waals surface area contributed by atoms with E-state index in [1.165, 1.54) is 58.0 Å². The zero-order valence-corrected chi connectivity index (χ0v) is 20.6. The van der Waals surface area contributed by atoms with E-state index in [-0.39, 0.29) is 0 Å². The van der Waals surface area contributed by atoms with Crippen molar-refractivity contribution in [1.82, 2.24) is 0 Å². The van der Waals surface area contributed by atoms with Crippen LogP contribution in [0.5, 0.6) is 0 Å². The van der Waals surface area contributed by atoms with Crippen molar-refractivity contribution in [2.75, 3.05) is 0 Å². The summed E-state index contributed by atoms with van der Waals surface area (Å²) in [4.78, 5) is 5.35. The van der Waals surface area contributed by atoms with E-state index in [0.29, 0.717) is 0 Å². The van der Waals surface area contributed by atoms with Crippen molar-refractivity contribution in [3.8, 4) is 19.5 Å². The van der Waals surface area contributed by atoms with Gasteiger partial charge in [0.1, 0.15) is 0 Å². The van der Waals surface area contributed by atoms with Crippen molar-refractivity contribution in [1.29, 1.82) is 0 Å². The molecule has 0 bridgehead atoms. The van der Waals surface area contributed by atoms with Gasteiger partial charge in [-0.05, 0) is 56.1 Å². The Balaban J connectivity index is 1.47. The second kappa shape index (κ2) is 6.76. The Labute approximate surface area is 194 Å². The Morgan fingerprint density at radius 1 is 0.500 bits per heavy atom. The smallest absolute Gasteiger partial charge is 0.0598 e. The Morgan fingerprint density at radius 2 is 0.929 bits per heavy atom. The maximum absolute atomic E-state index is 3.83. The summed E-state index contributed by atoms with van der Waals surface area (Å²) in [5.74, 6) is 0. The van der Waals surface area contributed by atoms with Crippen molar-refractivity contribution >= 4 is 107 Å². The molecule has 28 heavy (non-hydrogen) atoms. The molecule has 0 spiro atoms. The molecule has 4 heterocycles. The van der Waals surface area contributed by atoms with Crippen LogP contribution in [0.15, 0.2) is 69.6 Å². The van der Waals surface area contributed by atoms with Crippen LogP contribution < -0.4 is 0 Å². The van der Waals surface area contributed by atoms with Crippen LogP contribution in [0.1, 0.15) is 0 Å². The minimum atomic E-state index is 1.22. The molecule has 0 aliphatic carbocycles. The molecule has 0 amide bonds. The van der Waals surface area contributed by atoms with E-state index in [2.05, 4.69) is 92.5 Å². The van der Waals surface area contributed by atoms with Gasteiger partial charge in [-0.3, -0.25) is 0 Å². The summed E-state index contributed by atoms with van der Waals surface area (Å²) in [6, 6.07) is 21.9. The number of rotatable bonds is 2. The molecule has 6 rings (SSSR count). The number of benzene rings is 2. The highest BCUT2D eigenvalue weighted by atomic mass is 79.9. The van der Waals surface area contributed by atoms with Gasteiger partial charge < -0.3 is 0 Å². The molecule has 136 valence electrons. The number of hydrogen-bond donors (Lipinski definition) is 0. The van der Waals surface area contributed by atoms with Gasteiger partial charge >= 0.3 is 0 Å². The average Bonchev–Trinajstić information content (AvgIpc) is 3.43. The molecule has 0 aliphatic heterocycles. The van der Waals surface area contributed by atoms with Crippen molar-refractivity contribution in [2.45, 2.75) is 0 Å². The van der Waals surface area contributed by atoms with Crippen LogP contribution in [0.3, 0.4) is 0 Å². The molecule has 0 saturated heterocycles. The first-order chi connectivity index (χ1) is 13.7. The van der Waals surface area contributed by atoms with Gasteiger partial charge in [0.2, 0.25) is 0 Å². The second-order valence-electron chi connectivity index (χ2n) is 6.43. The van der Waals surface area contributed by atoms with Crippen molar-refractivity contribution < 1.29 is 0 Å². The van der Waals surface area contributed by atoms with E-state index in [0.717, 1.165) is 0 Å². The maximum atomic E-state index is 3.83. The fourth-order valence-corrected chi connectivity index (χ4v) is 10.3. The lowest BCUT2D eigenvalue weighted by molar-refractivity contribution is 1.83. The largest absolute Gasteiger partial charge is 0.133 e. The lowest BCUT2D eigenvalue weighted by Gasteiger charge is -1.94. The molecule has 0 aliphatic rings. The Kier molecular flexibility index (Phi) is 4.30. The Hall–Kier alpha value is -1.02. The van der Waals surface area contributed by atoms with Crippen LogP contribution in [0, 0.1) is 0 Å². The highest BCUT2D eigenvalue weighted by molar-refractivity contribution is 9.11. The molecule has 0 radical (unpaired) electrons. The van der Waals surface area contributed by atoms with E-state index in [1.54, 1.807) is 0 Å². The first-order valence-corrected chi connectivity index (χ1v) is 13.4. The fraction of sp³-hybridized carbons (Fsp3) is 0. The summed E-state index contributed by atoms with van der Waals surface area (Å²) in [6.45, 7) is 0. The first-order valence-electron chi connectivity index (χ1n) is 8.57. The highest BCUT2D eigenvalue weighted by Crippen LogP contribution is 2.50. The van der Waals surface area contributed by atoms with Crippen LogP contribution in [-0.2, 0) is 0 Å². The molecule has 2 aromatic carbocycles. The van der Waals surface area contributed by atoms with Crippen LogP contribution in [-0.4, -0.2) is 0 Å². The zero-order valence-electron chi connectivity index (χ0n) is 14.2. The van der Waals surface area contributed by atoms with Gasteiger partial charge in [-0.25, -0.2) is 0 Å². The molecule has 0 N–H and O–H groups in total. The van der Waals surface area contributed by atoms with Gasteiger partial charge in [0, 0.05) is 48.3 Å². The fourth-order valence-electron chi connectivity index (χ4n) is 3.40. The topological polar surface area (TPSA) is 0 Å². The van der Waals surface area contributed by atoms with E-state index in [4.69, 9.17) is 0 Å². The second-order valence-corrected chi connectivity index (χ2v) is 12.3. The Bertz CT molecular complexity index is 1350. The number of thiophene rings is 4. The molecular weight excluding hydrogens is 552 g/mol. The minimum absolute atomic E-state index is 1.22. The maximum Gasteiger partial charge on any atom is 0.0598 e. The molecule has 6 heteroatoms. The third-order valence-electron chi connectivity index (χ3n) is 4.72. The third kappa shape index (κ3) is 2.70. The summed E-state index contributed by atoms with van der Waals surface area (Å²) in [5, 5.41) is 2.60. The monoisotopic (exact) mass is 560 g/mol. The van der Waals surface area contributed by atoms with Gasteiger partial charge in [0.05, 0.1) is 9.75 Å². The van der Waals surface area contributed by atoms with Crippen molar-refractivity contribution in [3.63, 3.8) is 0 Å². The molecular formula is C22H10Br2S4. The van der Waals surface area contributed by atoms with Gasteiger partial charge in [-0.1, -0.05) is 36.4 Å². The first kappa shape index (κ1) is 17.8. The predicted octanol–water partition coefficient (Wildman–Crippen LogP) is 10.3. The summed E-state index contributed by atoms with van der Waals surface area (Å²) >= 11 is 15.2. The molecule has 0 fully saturated rings. The highest BCUT2D eigenvalue weighted by Gasteiger charge is 2.18. The zero-order chi connectivity index (χ0) is 18.8. The van der Waals surface area contributed by atoms with E-state index >= 15 is 0 Å².